The maximum absolute atomic E-state index is 11.3. The van der Waals surface area contributed by atoms with Gasteiger partial charge in [-0.05, 0) is 32.4 Å². The van der Waals surface area contributed by atoms with Crippen LogP contribution in [0.15, 0.2) is 30.3 Å². The molecule has 0 aliphatic carbocycles. The Morgan fingerprint density at radius 3 is 2.57 bits per heavy atom. The van der Waals surface area contributed by atoms with Gasteiger partial charge in [-0.1, -0.05) is 30.3 Å². The normalized spacial score (nSPS) is 23.1. The average Bonchev–Trinajstić information content (AvgIpc) is 2.37. The zero-order valence-corrected chi connectivity index (χ0v) is 14.0. The van der Waals surface area contributed by atoms with Gasteiger partial charge in [-0.15, -0.1) is 0 Å². The van der Waals surface area contributed by atoms with E-state index >= 15 is 0 Å². The van der Waals surface area contributed by atoms with E-state index in [1.54, 1.807) is 0 Å². The highest BCUT2D eigenvalue weighted by Crippen LogP contribution is 2.26. The van der Waals surface area contributed by atoms with Crippen LogP contribution in [0.1, 0.15) is 31.9 Å². The van der Waals surface area contributed by atoms with E-state index in [1.807, 2.05) is 6.07 Å². The van der Waals surface area contributed by atoms with Gasteiger partial charge < -0.3 is 5.32 Å². The van der Waals surface area contributed by atoms with E-state index in [0.717, 1.165) is 19.6 Å². The molecular weight excluding hydrogens is 284 g/mol. The van der Waals surface area contributed by atoms with Gasteiger partial charge in [-0.2, -0.15) is 0 Å². The third kappa shape index (κ3) is 5.09. The number of benzene rings is 1. The summed E-state index contributed by atoms with van der Waals surface area (Å²) in [4.78, 5) is 2.41. The third-order valence-corrected chi connectivity index (χ3v) is 4.99. The molecule has 1 heterocycles. The van der Waals surface area contributed by atoms with Crippen LogP contribution in [0.4, 0.5) is 0 Å². The summed E-state index contributed by atoms with van der Waals surface area (Å²) >= 11 is 0. The SMILES string of the molecule is CC1(C)CN(CCCS(C)(=O)=O)C(c2ccccc2)CN1. The maximum atomic E-state index is 11.3. The molecule has 0 bridgehead atoms. The third-order valence-electron chi connectivity index (χ3n) is 3.96. The number of hydrogen-bond acceptors (Lipinski definition) is 4. The van der Waals surface area contributed by atoms with Crippen LogP contribution in [-0.4, -0.2) is 50.5 Å². The molecule has 0 saturated carbocycles. The van der Waals surface area contributed by atoms with E-state index in [0.29, 0.717) is 12.5 Å². The van der Waals surface area contributed by atoms with E-state index in [4.69, 9.17) is 0 Å². The van der Waals surface area contributed by atoms with Crippen molar-refractivity contribution in [2.45, 2.75) is 31.8 Å². The molecule has 1 N–H and O–H groups in total. The fraction of sp³-hybridized carbons (Fsp3) is 0.625. The summed E-state index contributed by atoms with van der Waals surface area (Å²) in [7, 11) is -2.88. The number of nitrogens with one attached hydrogen (secondary N) is 1. The van der Waals surface area contributed by atoms with Gasteiger partial charge in [0.05, 0.1) is 5.75 Å². The Kier molecular flexibility index (Phi) is 5.07. The van der Waals surface area contributed by atoms with Gasteiger partial charge in [-0.25, -0.2) is 8.42 Å². The molecule has 1 aliphatic heterocycles. The molecule has 1 aliphatic rings. The molecule has 0 aromatic heterocycles. The van der Waals surface area contributed by atoms with Gasteiger partial charge in [0.25, 0.3) is 0 Å². The largest absolute Gasteiger partial charge is 0.309 e. The maximum Gasteiger partial charge on any atom is 0.147 e. The van der Waals surface area contributed by atoms with Crippen molar-refractivity contribution in [3.8, 4) is 0 Å². The van der Waals surface area contributed by atoms with Crippen molar-refractivity contribution in [3.05, 3.63) is 35.9 Å². The number of sulfone groups is 1. The first-order valence-corrected chi connectivity index (χ1v) is 9.55. The fourth-order valence-corrected chi connectivity index (χ4v) is 3.60. The second kappa shape index (κ2) is 6.46. The van der Waals surface area contributed by atoms with Gasteiger partial charge in [0.2, 0.25) is 0 Å². The molecule has 1 aromatic rings. The molecule has 2 rings (SSSR count). The Morgan fingerprint density at radius 2 is 1.95 bits per heavy atom. The molecule has 4 nitrogen and oxygen atoms in total. The predicted molar refractivity (Wildman–Crippen MR) is 87.2 cm³/mol. The van der Waals surface area contributed by atoms with Crippen LogP contribution in [0, 0.1) is 0 Å². The Balaban J connectivity index is 2.07. The molecule has 0 amide bonds. The Morgan fingerprint density at radius 1 is 1.29 bits per heavy atom. The topological polar surface area (TPSA) is 49.4 Å². The number of rotatable bonds is 5. The van der Waals surface area contributed by atoms with Gasteiger partial charge >= 0.3 is 0 Å². The summed E-state index contributed by atoms with van der Waals surface area (Å²) in [6.45, 7) is 7.03. The summed E-state index contributed by atoms with van der Waals surface area (Å²) in [6.07, 6.45) is 2.00. The molecular formula is C16H26N2O2S. The van der Waals surface area contributed by atoms with Crippen molar-refractivity contribution in [1.82, 2.24) is 10.2 Å². The lowest BCUT2D eigenvalue weighted by Crippen LogP contribution is -2.58. The lowest BCUT2D eigenvalue weighted by Gasteiger charge is -2.45. The zero-order chi connectivity index (χ0) is 15.5. The van der Waals surface area contributed by atoms with Gasteiger partial charge in [0.1, 0.15) is 9.84 Å². The smallest absolute Gasteiger partial charge is 0.147 e. The molecule has 1 saturated heterocycles. The van der Waals surface area contributed by atoms with Gasteiger partial charge in [0, 0.05) is 30.9 Å². The van der Waals surface area contributed by atoms with E-state index in [9.17, 15) is 8.42 Å². The Bertz CT molecular complexity index is 555. The minimum absolute atomic E-state index is 0.0658. The molecule has 1 fully saturated rings. The molecule has 1 aromatic carbocycles. The van der Waals surface area contributed by atoms with Crippen LogP contribution in [0.5, 0.6) is 0 Å². The van der Waals surface area contributed by atoms with Crippen molar-refractivity contribution in [2.24, 2.45) is 0 Å². The van der Waals surface area contributed by atoms with E-state index < -0.39 is 9.84 Å². The van der Waals surface area contributed by atoms with Crippen molar-refractivity contribution >= 4 is 9.84 Å². The summed E-state index contributed by atoms with van der Waals surface area (Å²) in [5.74, 6) is 0.263. The molecule has 0 radical (unpaired) electrons. The van der Waals surface area contributed by atoms with Crippen LogP contribution in [0.3, 0.4) is 0 Å². The predicted octanol–water partition coefficient (Wildman–Crippen LogP) is 1.85. The molecule has 5 heteroatoms. The van der Waals surface area contributed by atoms with E-state index in [1.165, 1.54) is 11.8 Å². The van der Waals surface area contributed by atoms with Crippen LogP contribution < -0.4 is 5.32 Å². The van der Waals surface area contributed by atoms with Crippen LogP contribution in [-0.2, 0) is 9.84 Å². The lowest BCUT2D eigenvalue weighted by molar-refractivity contribution is 0.0954. The van der Waals surface area contributed by atoms with Crippen LogP contribution in [0.25, 0.3) is 0 Å². The second-order valence-electron chi connectivity index (χ2n) is 6.65. The van der Waals surface area contributed by atoms with Gasteiger partial charge in [0.15, 0.2) is 0 Å². The summed E-state index contributed by atoms with van der Waals surface area (Å²) in [5, 5.41) is 3.58. The molecule has 21 heavy (non-hydrogen) atoms. The van der Waals surface area contributed by atoms with Crippen LogP contribution in [0.2, 0.25) is 0 Å². The molecule has 118 valence electrons. The minimum atomic E-state index is -2.88. The minimum Gasteiger partial charge on any atom is -0.309 e. The summed E-state index contributed by atoms with van der Waals surface area (Å²) < 4.78 is 22.6. The van der Waals surface area contributed by atoms with Crippen molar-refractivity contribution in [3.63, 3.8) is 0 Å². The molecule has 1 unspecified atom stereocenters. The Labute approximate surface area is 128 Å². The monoisotopic (exact) mass is 310 g/mol. The fourth-order valence-electron chi connectivity index (χ4n) is 2.94. The van der Waals surface area contributed by atoms with Crippen molar-refractivity contribution < 1.29 is 8.42 Å². The highest BCUT2D eigenvalue weighted by molar-refractivity contribution is 7.90. The standard InChI is InChI=1S/C16H26N2O2S/c1-16(2)13-18(10-7-11-21(3,19)20)15(12-17-16)14-8-5-4-6-9-14/h4-6,8-9,15,17H,7,10-13H2,1-3H3. The lowest BCUT2D eigenvalue weighted by atomic mass is 9.95. The summed E-state index contributed by atoms with van der Waals surface area (Å²) in [5.41, 5.74) is 1.36. The van der Waals surface area contributed by atoms with Crippen LogP contribution >= 0.6 is 0 Å². The second-order valence-corrected chi connectivity index (χ2v) is 8.90. The highest BCUT2D eigenvalue weighted by atomic mass is 32.2. The quantitative estimate of drug-likeness (QED) is 0.902. The highest BCUT2D eigenvalue weighted by Gasteiger charge is 2.32. The van der Waals surface area contributed by atoms with Crippen molar-refractivity contribution in [2.75, 3.05) is 31.6 Å². The van der Waals surface area contributed by atoms with Gasteiger partial charge in [-0.3, -0.25) is 4.90 Å². The summed E-state index contributed by atoms with van der Waals surface area (Å²) in [6, 6.07) is 10.8. The first-order chi connectivity index (χ1) is 9.77. The number of piperazine rings is 1. The molecule has 0 spiro atoms. The van der Waals surface area contributed by atoms with Crippen molar-refractivity contribution in [1.29, 1.82) is 0 Å². The number of nitrogens with zero attached hydrogens (tertiary/aromatic N) is 1. The molecule has 1 atom stereocenters. The first kappa shape index (κ1) is 16.5. The Hall–Kier alpha value is -0.910. The first-order valence-electron chi connectivity index (χ1n) is 7.49. The number of hydrogen-bond donors (Lipinski definition) is 1. The van der Waals surface area contributed by atoms with E-state index in [-0.39, 0.29) is 11.3 Å². The zero-order valence-electron chi connectivity index (χ0n) is 13.2. The average molecular weight is 310 g/mol. The van der Waals surface area contributed by atoms with E-state index in [2.05, 4.69) is 48.3 Å².